The minimum atomic E-state index is -4.01. The Morgan fingerprint density at radius 1 is 1.09 bits per heavy atom. The zero-order chi connectivity index (χ0) is 30.9. The number of benzene rings is 1. The van der Waals surface area contributed by atoms with E-state index in [0.717, 1.165) is 56.8 Å². The predicted octanol–water partition coefficient (Wildman–Crippen LogP) is 3.65. The number of hydrogen-bond donors (Lipinski definition) is 2. The first-order valence-corrected chi connectivity index (χ1v) is 16.5. The van der Waals surface area contributed by atoms with Crippen LogP contribution in [0.5, 0.6) is 0 Å². The number of ether oxygens (including phenoxy) is 1. The highest BCUT2D eigenvalue weighted by molar-refractivity contribution is 7.89. The molecule has 13 heteroatoms. The van der Waals surface area contributed by atoms with Crippen LogP contribution in [0.2, 0.25) is 0 Å². The molecular weight excluding hydrogens is 580 g/mol. The summed E-state index contributed by atoms with van der Waals surface area (Å²) in [5.74, 6) is 1.41. The number of rotatable bonds is 8. The molecule has 2 N–H and O–H groups in total. The van der Waals surface area contributed by atoms with Crippen LogP contribution in [0.25, 0.3) is 11.2 Å². The summed E-state index contributed by atoms with van der Waals surface area (Å²) in [6.45, 7) is 7.69. The van der Waals surface area contributed by atoms with E-state index in [1.807, 2.05) is 0 Å². The molecule has 0 spiro atoms. The van der Waals surface area contributed by atoms with Gasteiger partial charge in [0.05, 0.1) is 17.8 Å². The van der Waals surface area contributed by atoms with Gasteiger partial charge in [0.25, 0.3) is 0 Å². The molecule has 6 rings (SSSR count). The number of aryl methyl sites for hydroxylation is 1. The van der Waals surface area contributed by atoms with E-state index >= 15 is 0 Å². The van der Waals surface area contributed by atoms with Crippen LogP contribution in [-0.4, -0.2) is 70.2 Å². The van der Waals surface area contributed by atoms with E-state index in [1.165, 1.54) is 24.0 Å². The Hall–Kier alpha value is -4.10. The van der Waals surface area contributed by atoms with Crippen LogP contribution in [0.15, 0.2) is 60.0 Å². The summed E-state index contributed by atoms with van der Waals surface area (Å²) in [5, 5.41) is 3.44. The molecule has 1 saturated heterocycles. The second-order valence-corrected chi connectivity index (χ2v) is 14.0. The second kappa shape index (κ2) is 12.1. The van der Waals surface area contributed by atoms with E-state index in [0.29, 0.717) is 22.9 Å². The fourth-order valence-electron chi connectivity index (χ4n) is 5.78. The molecule has 5 heterocycles. The van der Waals surface area contributed by atoms with E-state index in [1.54, 1.807) is 49.9 Å². The number of imidazole rings is 1. The van der Waals surface area contributed by atoms with E-state index in [2.05, 4.69) is 42.0 Å². The van der Waals surface area contributed by atoms with Gasteiger partial charge in [-0.25, -0.2) is 28.4 Å². The molecular formula is C31H38N8O4S. The van der Waals surface area contributed by atoms with Crippen LogP contribution in [0.3, 0.4) is 0 Å². The number of piperidine rings is 1. The molecule has 0 saturated carbocycles. The van der Waals surface area contributed by atoms with Gasteiger partial charge in [0.2, 0.25) is 10.0 Å². The summed E-state index contributed by atoms with van der Waals surface area (Å²) < 4.78 is 36.2. The van der Waals surface area contributed by atoms with Crippen molar-refractivity contribution in [3.8, 4) is 0 Å². The maximum absolute atomic E-state index is 13.2. The highest BCUT2D eigenvalue weighted by Gasteiger charge is 2.32. The molecule has 4 aromatic rings. The van der Waals surface area contributed by atoms with Crippen LogP contribution in [0, 0.1) is 0 Å². The second-order valence-electron chi connectivity index (χ2n) is 12.3. The topological polar surface area (TPSA) is 144 Å². The zero-order valence-corrected chi connectivity index (χ0v) is 26.0. The monoisotopic (exact) mass is 618 g/mol. The molecule has 44 heavy (non-hydrogen) atoms. The van der Waals surface area contributed by atoms with Gasteiger partial charge in [-0.3, -0.25) is 4.79 Å². The van der Waals surface area contributed by atoms with Gasteiger partial charge < -0.3 is 19.5 Å². The molecule has 12 nitrogen and oxygen atoms in total. The summed E-state index contributed by atoms with van der Waals surface area (Å²) in [5.41, 5.74) is 2.71. The van der Waals surface area contributed by atoms with Gasteiger partial charge in [-0.05, 0) is 70.2 Å². The minimum absolute atomic E-state index is 0.0545. The van der Waals surface area contributed by atoms with Crippen molar-refractivity contribution in [2.75, 3.05) is 29.9 Å². The van der Waals surface area contributed by atoms with Gasteiger partial charge in [-0.1, -0.05) is 24.3 Å². The third-order valence-corrected chi connectivity index (χ3v) is 9.42. The van der Waals surface area contributed by atoms with Crippen LogP contribution < -0.4 is 14.9 Å². The molecule has 0 radical (unpaired) electrons. The molecule has 3 aromatic heterocycles. The molecule has 1 aromatic carbocycles. The van der Waals surface area contributed by atoms with E-state index < -0.39 is 27.6 Å². The Morgan fingerprint density at radius 2 is 1.86 bits per heavy atom. The van der Waals surface area contributed by atoms with Crippen molar-refractivity contribution in [3.63, 3.8) is 0 Å². The molecule has 0 amide bonds. The van der Waals surface area contributed by atoms with E-state index in [4.69, 9.17) is 9.72 Å². The number of hydrogen-bond acceptors (Lipinski definition) is 10. The first-order valence-electron chi connectivity index (χ1n) is 15.0. The Balaban J connectivity index is 1.21. The molecule has 0 aliphatic carbocycles. The maximum atomic E-state index is 13.2. The zero-order valence-electron chi connectivity index (χ0n) is 25.2. The highest BCUT2D eigenvalue weighted by atomic mass is 32.2. The molecule has 2 aliphatic heterocycles. The predicted molar refractivity (Wildman–Crippen MR) is 167 cm³/mol. The lowest BCUT2D eigenvalue weighted by Gasteiger charge is -2.33. The number of esters is 1. The normalized spacial score (nSPS) is 16.8. The molecule has 0 unspecified atom stereocenters. The van der Waals surface area contributed by atoms with Crippen molar-refractivity contribution in [2.45, 2.75) is 75.5 Å². The van der Waals surface area contributed by atoms with Gasteiger partial charge in [0.1, 0.15) is 23.8 Å². The summed E-state index contributed by atoms with van der Waals surface area (Å²) in [6, 6.07) is 11.1. The Bertz CT molecular complexity index is 1750. The lowest BCUT2D eigenvalue weighted by atomic mass is 9.92. The molecule has 2 aliphatic rings. The van der Waals surface area contributed by atoms with Crippen LogP contribution in [0.4, 0.5) is 11.6 Å². The fraction of sp³-hybridized carbons (Fsp3) is 0.452. The van der Waals surface area contributed by atoms with Gasteiger partial charge in [0.15, 0.2) is 17.0 Å². The van der Waals surface area contributed by atoms with Gasteiger partial charge in [-0.2, -0.15) is 4.72 Å². The van der Waals surface area contributed by atoms with Gasteiger partial charge in [-0.15, -0.1) is 0 Å². The van der Waals surface area contributed by atoms with Crippen LogP contribution in [0.1, 0.15) is 57.2 Å². The van der Waals surface area contributed by atoms with Crippen molar-refractivity contribution in [3.05, 3.63) is 66.4 Å². The Morgan fingerprint density at radius 3 is 2.61 bits per heavy atom. The third-order valence-electron chi connectivity index (χ3n) is 7.93. The average Bonchev–Trinajstić information content (AvgIpc) is 3.43. The first-order chi connectivity index (χ1) is 21.1. The summed E-state index contributed by atoms with van der Waals surface area (Å²) in [6.07, 6.45) is 7.12. The van der Waals surface area contributed by atoms with Crippen LogP contribution in [-0.2, 0) is 32.5 Å². The Kier molecular flexibility index (Phi) is 8.25. The number of fused-ring (bicyclic) bond motifs is 2. The lowest BCUT2D eigenvalue weighted by Crippen LogP contribution is -2.46. The highest BCUT2D eigenvalue weighted by Crippen LogP contribution is 2.33. The van der Waals surface area contributed by atoms with Gasteiger partial charge >= 0.3 is 5.97 Å². The number of aromatic nitrogens is 5. The molecule has 1 fully saturated rings. The Labute approximate surface area is 257 Å². The number of sulfonamides is 1. The summed E-state index contributed by atoms with van der Waals surface area (Å²) >= 11 is 0. The quantitative estimate of drug-likeness (QED) is 0.281. The lowest BCUT2D eigenvalue weighted by molar-refractivity contribution is -0.157. The largest absolute Gasteiger partial charge is 0.459 e. The van der Waals surface area contributed by atoms with E-state index in [-0.39, 0.29) is 11.4 Å². The molecule has 0 bridgehead atoms. The number of carbonyl (C=O) groups excluding carboxylic acids is 1. The summed E-state index contributed by atoms with van der Waals surface area (Å²) in [4.78, 5) is 34.1. The standard InChI is InChI=1S/C31H38N8O4S/c1-31(2,3)43-30(40)25(37-44(41,42)23-9-5-4-6-10-23)18-39-20-35-26-28(33-19-34-29(26)39)38-16-13-21(14-17-38)24-12-11-22-8-7-15-32-27(22)36-24/h4-6,9-12,19-21,25,37H,7-8,13-18H2,1-3H3,(H,32,36)/t25-/m0/s1. The minimum Gasteiger partial charge on any atom is -0.459 e. The fourth-order valence-corrected chi connectivity index (χ4v) is 6.97. The number of carbonyl (C=O) groups is 1. The maximum Gasteiger partial charge on any atom is 0.326 e. The summed E-state index contributed by atoms with van der Waals surface area (Å²) in [7, 11) is -4.01. The van der Waals surface area contributed by atoms with Crippen molar-refractivity contribution in [1.29, 1.82) is 0 Å². The van der Waals surface area contributed by atoms with Crippen LogP contribution >= 0.6 is 0 Å². The van der Waals surface area contributed by atoms with Gasteiger partial charge in [0, 0.05) is 31.2 Å². The average molecular weight is 619 g/mol. The van der Waals surface area contributed by atoms with Crippen molar-refractivity contribution in [2.24, 2.45) is 0 Å². The number of anilines is 2. The SMILES string of the molecule is CC(C)(C)OC(=O)[C@H](Cn1cnc2c(N3CCC(c4ccc5c(n4)NCCC5)CC3)ncnc21)NS(=O)(=O)c1ccccc1. The third kappa shape index (κ3) is 6.53. The molecule has 1 atom stereocenters. The van der Waals surface area contributed by atoms with Crippen molar-refractivity contribution in [1.82, 2.24) is 29.2 Å². The number of nitrogens with zero attached hydrogens (tertiary/aromatic N) is 6. The van der Waals surface area contributed by atoms with Crippen molar-refractivity contribution < 1.29 is 17.9 Å². The smallest absolute Gasteiger partial charge is 0.326 e. The molecule has 232 valence electrons. The van der Waals surface area contributed by atoms with E-state index in [9.17, 15) is 13.2 Å². The van der Waals surface area contributed by atoms with Crippen molar-refractivity contribution >= 4 is 38.8 Å². The number of nitrogens with one attached hydrogen (secondary N) is 2. The first kappa shape index (κ1) is 29.9. The number of pyridine rings is 1.